The van der Waals surface area contributed by atoms with Crippen LogP contribution in [0.3, 0.4) is 0 Å². The molecule has 1 aliphatic rings. The van der Waals surface area contributed by atoms with E-state index in [0.29, 0.717) is 0 Å². The Hall–Kier alpha value is -2.83. The number of halogens is 1. The molecule has 0 amide bonds. The summed E-state index contributed by atoms with van der Waals surface area (Å²) in [5.74, 6) is 0. The number of hydrogen-bond acceptors (Lipinski definition) is 0. The topological polar surface area (TPSA) is 0 Å². The van der Waals surface area contributed by atoms with E-state index < -0.39 is 0 Å². The summed E-state index contributed by atoms with van der Waals surface area (Å²) < 4.78 is 0. The highest BCUT2D eigenvalue weighted by Gasteiger charge is 2.30. The monoisotopic (exact) mass is 352 g/mol. The van der Waals surface area contributed by atoms with E-state index in [9.17, 15) is 0 Å². The molecular formula is C25H17Cl. The summed E-state index contributed by atoms with van der Waals surface area (Å²) in [6.45, 7) is 0. The molecule has 1 unspecified atom stereocenters. The van der Waals surface area contributed by atoms with E-state index in [1.807, 2.05) is 0 Å². The minimum atomic E-state index is -0.110. The van der Waals surface area contributed by atoms with Gasteiger partial charge in [0.2, 0.25) is 0 Å². The van der Waals surface area contributed by atoms with Crippen molar-refractivity contribution < 1.29 is 0 Å². The Morgan fingerprint density at radius 2 is 1.08 bits per heavy atom. The standard InChI is InChI=1S/C25H17Cl/c26-25-21-14-8-7-13-20(21)23-16-19(17-9-3-1-4-10-17)15-22(24(23)25)18-11-5-2-6-12-18/h1-16,25H. The quantitative estimate of drug-likeness (QED) is 0.331. The predicted molar refractivity (Wildman–Crippen MR) is 110 cm³/mol. The van der Waals surface area contributed by atoms with Gasteiger partial charge in [0.15, 0.2) is 0 Å². The SMILES string of the molecule is ClC1c2ccccc2-c2cc(-c3ccccc3)cc(-c3ccccc3)c21. The van der Waals surface area contributed by atoms with Gasteiger partial charge in [-0.15, -0.1) is 11.6 Å². The van der Waals surface area contributed by atoms with E-state index in [1.54, 1.807) is 0 Å². The second-order valence-electron chi connectivity index (χ2n) is 6.67. The molecule has 0 bridgehead atoms. The molecule has 1 heteroatoms. The lowest BCUT2D eigenvalue weighted by molar-refractivity contribution is 1.20. The molecule has 5 rings (SSSR count). The van der Waals surface area contributed by atoms with Crippen LogP contribution in [0, 0.1) is 0 Å². The van der Waals surface area contributed by atoms with Gasteiger partial charge in [0.25, 0.3) is 0 Å². The lowest BCUT2D eigenvalue weighted by Gasteiger charge is -2.15. The third-order valence-electron chi connectivity index (χ3n) is 5.15. The van der Waals surface area contributed by atoms with Crippen molar-refractivity contribution in [3.63, 3.8) is 0 Å². The van der Waals surface area contributed by atoms with Crippen LogP contribution in [0.4, 0.5) is 0 Å². The first kappa shape index (κ1) is 15.4. The van der Waals surface area contributed by atoms with Gasteiger partial charge < -0.3 is 0 Å². The zero-order valence-electron chi connectivity index (χ0n) is 14.2. The van der Waals surface area contributed by atoms with Crippen LogP contribution in [0.15, 0.2) is 97.1 Å². The largest absolute Gasteiger partial charge is 0.113 e. The van der Waals surface area contributed by atoms with E-state index in [2.05, 4.69) is 97.1 Å². The van der Waals surface area contributed by atoms with Gasteiger partial charge in [-0.05, 0) is 56.6 Å². The van der Waals surface area contributed by atoms with Crippen molar-refractivity contribution in [2.45, 2.75) is 5.38 Å². The van der Waals surface area contributed by atoms with Gasteiger partial charge >= 0.3 is 0 Å². The Labute approximate surface area is 158 Å². The van der Waals surface area contributed by atoms with Crippen molar-refractivity contribution in [1.82, 2.24) is 0 Å². The highest BCUT2D eigenvalue weighted by Crippen LogP contribution is 2.51. The summed E-state index contributed by atoms with van der Waals surface area (Å²) in [5.41, 5.74) is 9.80. The van der Waals surface area contributed by atoms with E-state index >= 15 is 0 Å². The number of rotatable bonds is 2. The zero-order valence-corrected chi connectivity index (χ0v) is 14.9. The number of hydrogen-bond donors (Lipinski definition) is 0. The first-order valence-electron chi connectivity index (χ1n) is 8.85. The summed E-state index contributed by atoms with van der Waals surface area (Å²) >= 11 is 6.93. The molecule has 26 heavy (non-hydrogen) atoms. The van der Waals surface area contributed by atoms with Gasteiger partial charge in [-0.3, -0.25) is 0 Å². The van der Waals surface area contributed by atoms with Crippen molar-refractivity contribution in [2.75, 3.05) is 0 Å². The molecule has 4 aromatic carbocycles. The fraction of sp³-hybridized carbons (Fsp3) is 0.0400. The number of fused-ring (bicyclic) bond motifs is 3. The average molecular weight is 353 g/mol. The van der Waals surface area contributed by atoms with Crippen LogP contribution >= 0.6 is 11.6 Å². The summed E-state index contributed by atoms with van der Waals surface area (Å²) in [5, 5.41) is -0.110. The molecule has 0 nitrogen and oxygen atoms in total. The third-order valence-corrected chi connectivity index (χ3v) is 5.60. The van der Waals surface area contributed by atoms with Gasteiger partial charge in [-0.1, -0.05) is 84.9 Å². The minimum absolute atomic E-state index is 0.110. The fourth-order valence-corrected chi connectivity index (χ4v) is 4.35. The Kier molecular flexibility index (Phi) is 3.65. The molecule has 0 spiro atoms. The smallest absolute Gasteiger partial charge is 0.0853 e. The summed E-state index contributed by atoms with van der Waals surface area (Å²) in [4.78, 5) is 0. The molecule has 1 aliphatic carbocycles. The van der Waals surface area contributed by atoms with Crippen LogP contribution in [0.2, 0.25) is 0 Å². The average Bonchev–Trinajstić information content (AvgIpc) is 3.01. The molecule has 0 saturated heterocycles. The lowest BCUT2D eigenvalue weighted by atomic mass is 9.91. The molecule has 1 atom stereocenters. The van der Waals surface area contributed by atoms with Crippen LogP contribution in [0.5, 0.6) is 0 Å². The second-order valence-corrected chi connectivity index (χ2v) is 7.10. The zero-order chi connectivity index (χ0) is 17.5. The van der Waals surface area contributed by atoms with Crippen molar-refractivity contribution in [1.29, 1.82) is 0 Å². The maximum atomic E-state index is 6.93. The Morgan fingerprint density at radius 3 is 1.81 bits per heavy atom. The highest BCUT2D eigenvalue weighted by molar-refractivity contribution is 6.25. The maximum absolute atomic E-state index is 6.93. The highest BCUT2D eigenvalue weighted by atomic mass is 35.5. The van der Waals surface area contributed by atoms with Gasteiger partial charge in [-0.2, -0.15) is 0 Å². The summed E-state index contributed by atoms with van der Waals surface area (Å²) in [6, 6.07) is 34.2. The lowest BCUT2D eigenvalue weighted by Crippen LogP contribution is -1.93. The van der Waals surface area contributed by atoms with E-state index in [-0.39, 0.29) is 5.38 Å². The van der Waals surface area contributed by atoms with Gasteiger partial charge in [0.05, 0.1) is 5.38 Å². The predicted octanol–water partition coefficient (Wildman–Crippen LogP) is 7.33. The molecule has 0 aliphatic heterocycles. The van der Waals surface area contributed by atoms with Crippen LogP contribution in [0.25, 0.3) is 33.4 Å². The van der Waals surface area contributed by atoms with Gasteiger partial charge in [-0.25, -0.2) is 0 Å². The molecule has 0 fully saturated rings. The van der Waals surface area contributed by atoms with Crippen LogP contribution in [-0.2, 0) is 0 Å². The van der Waals surface area contributed by atoms with E-state index in [4.69, 9.17) is 11.6 Å². The Bertz CT molecular complexity index is 1080. The summed E-state index contributed by atoms with van der Waals surface area (Å²) in [6.07, 6.45) is 0. The van der Waals surface area contributed by atoms with E-state index in [1.165, 1.54) is 44.5 Å². The van der Waals surface area contributed by atoms with Crippen molar-refractivity contribution in [3.05, 3.63) is 108 Å². The molecule has 124 valence electrons. The molecule has 0 heterocycles. The normalized spacial score (nSPS) is 14.7. The second kappa shape index (κ2) is 6.16. The summed E-state index contributed by atoms with van der Waals surface area (Å²) in [7, 11) is 0. The van der Waals surface area contributed by atoms with Crippen LogP contribution in [0.1, 0.15) is 16.5 Å². The van der Waals surface area contributed by atoms with Crippen molar-refractivity contribution in [2.24, 2.45) is 0 Å². The van der Waals surface area contributed by atoms with Crippen molar-refractivity contribution >= 4 is 11.6 Å². The molecule has 0 radical (unpaired) electrons. The molecule has 0 aromatic heterocycles. The molecule has 0 saturated carbocycles. The first-order valence-corrected chi connectivity index (χ1v) is 9.29. The maximum Gasteiger partial charge on any atom is 0.0853 e. The van der Waals surface area contributed by atoms with Gasteiger partial charge in [0, 0.05) is 0 Å². The van der Waals surface area contributed by atoms with Crippen LogP contribution < -0.4 is 0 Å². The fourth-order valence-electron chi connectivity index (χ4n) is 3.92. The van der Waals surface area contributed by atoms with Crippen LogP contribution in [-0.4, -0.2) is 0 Å². The minimum Gasteiger partial charge on any atom is -0.113 e. The third kappa shape index (κ3) is 2.38. The Balaban J connectivity index is 1.83. The van der Waals surface area contributed by atoms with Crippen molar-refractivity contribution in [3.8, 4) is 33.4 Å². The number of benzene rings is 4. The number of alkyl halides is 1. The molecular weight excluding hydrogens is 336 g/mol. The van der Waals surface area contributed by atoms with E-state index in [0.717, 1.165) is 0 Å². The Morgan fingerprint density at radius 1 is 0.500 bits per heavy atom. The van der Waals surface area contributed by atoms with Gasteiger partial charge in [0.1, 0.15) is 0 Å². The molecule has 4 aromatic rings. The first-order chi connectivity index (χ1) is 12.8. The molecule has 0 N–H and O–H groups in total.